The predicted molar refractivity (Wildman–Crippen MR) is 79.9 cm³/mol. The zero-order valence-corrected chi connectivity index (χ0v) is 14.2. The number of hydrogen-bond acceptors (Lipinski definition) is 0. The monoisotopic (exact) mass is 232 g/mol. The molecule has 0 amide bonds. The third-order valence-corrected chi connectivity index (χ3v) is 5.64. The molecule has 0 fully saturated rings. The van der Waals surface area contributed by atoms with Gasteiger partial charge in [-0.15, -0.1) is 0 Å². The van der Waals surface area contributed by atoms with Crippen LogP contribution in [0.5, 0.6) is 0 Å². The van der Waals surface area contributed by atoms with E-state index < -0.39 is 0 Å². The predicted octanol–water partition coefficient (Wildman–Crippen LogP) is 2.36. The standard InChI is InChI=1S/C15H34B.Li/c1-10(2)13(7)16(14(8)11(3)4)15(9)12(5)6;/h10-16H,1-9H3;/q-1;+1. The van der Waals surface area contributed by atoms with Crippen LogP contribution in [0.4, 0.5) is 0 Å². The Balaban J connectivity index is 0. The van der Waals surface area contributed by atoms with Gasteiger partial charge in [0.05, 0.1) is 0 Å². The largest absolute Gasteiger partial charge is 1.00 e. The van der Waals surface area contributed by atoms with Crippen molar-refractivity contribution < 1.29 is 18.9 Å². The summed E-state index contributed by atoms with van der Waals surface area (Å²) in [5.74, 6) is 5.24. The Kier molecular flexibility index (Phi) is 10.2. The first-order valence-corrected chi connectivity index (χ1v) is 7.42. The van der Waals surface area contributed by atoms with E-state index in [4.69, 9.17) is 0 Å². The fraction of sp³-hybridized carbons (Fsp3) is 1.00. The average molecular weight is 232 g/mol. The molecule has 0 aromatic rings. The smallest absolute Gasteiger partial charge is 0.169 e. The molecule has 0 spiro atoms. The first-order chi connectivity index (χ1) is 7.20. The fourth-order valence-electron chi connectivity index (χ4n) is 3.39. The molecule has 0 aromatic heterocycles. The van der Waals surface area contributed by atoms with E-state index in [-0.39, 0.29) is 25.6 Å². The molecular weight excluding hydrogens is 198 g/mol. The van der Waals surface area contributed by atoms with Crippen molar-refractivity contribution in [3.05, 3.63) is 0 Å². The summed E-state index contributed by atoms with van der Waals surface area (Å²) in [4.78, 5) is 0. The van der Waals surface area contributed by atoms with Crippen LogP contribution in [-0.2, 0) is 0 Å². The van der Waals surface area contributed by atoms with E-state index in [1.165, 1.54) is 0 Å². The maximum absolute atomic E-state index is 2.49. The maximum atomic E-state index is 2.49. The molecule has 0 N–H and O–H groups in total. The van der Waals surface area contributed by atoms with Crippen LogP contribution in [0.3, 0.4) is 0 Å². The fourth-order valence-corrected chi connectivity index (χ4v) is 3.39. The Morgan fingerprint density at radius 3 is 0.765 bits per heavy atom. The Hall–Kier alpha value is 0.662. The van der Waals surface area contributed by atoms with Crippen LogP contribution in [0.1, 0.15) is 62.3 Å². The van der Waals surface area contributed by atoms with Gasteiger partial charge in [0, 0.05) is 0 Å². The van der Waals surface area contributed by atoms with Crippen molar-refractivity contribution in [3.8, 4) is 0 Å². The Labute approximate surface area is 123 Å². The van der Waals surface area contributed by atoms with E-state index in [9.17, 15) is 0 Å². The molecule has 2 heteroatoms. The van der Waals surface area contributed by atoms with Crippen molar-refractivity contribution in [3.63, 3.8) is 0 Å². The summed E-state index contributed by atoms with van der Waals surface area (Å²) in [7, 11) is 0. The first-order valence-electron chi connectivity index (χ1n) is 7.42. The van der Waals surface area contributed by atoms with Crippen molar-refractivity contribution in [1.82, 2.24) is 0 Å². The first kappa shape index (κ1) is 20.0. The third kappa shape index (κ3) is 5.89. The van der Waals surface area contributed by atoms with Gasteiger partial charge in [0.25, 0.3) is 0 Å². The summed E-state index contributed by atoms with van der Waals surface area (Å²) >= 11 is 0. The SMILES string of the molecule is CC(C)C(C)[BH-](C(C)C(C)C)C(C)C(C)C.[Li+]. The van der Waals surface area contributed by atoms with E-state index >= 15 is 0 Å². The average Bonchev–Trinajstić information content (AvgIpc) is 2.16. The zero-order chi connectivity index (χ0) is 13.0. The molecule has 0 heterocycles. The Bertz CT molecular complexity index is 156. The number of hydrogen-bond donors (Lipinski definition) is 0. The van der Waals surface area contributed by atoms with Gasteiger partial charge in [0.15, 0.2) is 0 Å². The van der Waals surface area contributed by atoms with Crippen LogP contribution in [0.25, 0.3) is 0 Å². The summed E-state index contributed by atoms with van der Waals surface area (Å²) in [5.41, 5.74) is 0. The second kappa shape index (κ2) is 8.71. The van der Waals surface area contributed by atoms with E-state index in [0.717, 1.165) is 35.2 Å². The molecule has 0 nitrogen and oxygen atoms in total. The van der Waals surface area contributed by atoms with Gasteiger partial charge in [-0.3, -0.25) is 0 Å². The molecule has 0 aliphatic rings. The summed E-state index contributed by atoms with van der Waals surface area (Å²) in [6, 6.07) is 0. The molecule has 0 radical (unpaired) electrons. The minimum atomic E-state index is -0.0694. The topological polar surface area (TPSA) is 0 Å². The quantitative estimate of drug-likeness (QED) is 0.617. The van der Waals surface area contributed by atoms with Gasteiger partial charge in [-0.25, -0.2) is 0 Å². The van der Waals surface area contributed by atoms with E-state index in [2.05, 4.69) is 62.3 Å². The van der Waals surface area contributed by atoms with Gasteiger partial charge in [-0.2, -0.15) is 17.5 Å². The van der Waals surface area contributed by atoms with Crippen molar-refractivity contribution in [2.24, 2.45) is 17.8 Å². The van der Waals surface area contributed by atoms with Gasteiger partial charge < -0.3 is 0 Å². The van der Waals surface area contributed by atoms with Crippen LogP contribution in [0.2, 0.25) is 17.5 Å². The molecule has 0 aliphatic carbocycles. The number of rotatable bonds is 6. The Morgan fingerprint density at radius 2 is 0.647 bits per heavy atom. The van der Waals surface area contributed by atoms with Gasteiger partial charge >= 0.3 is 18.9 Å². The molecule has 0 aliphatic heterocycles. The van der Waals surface area contributed by atoms with Gasteiger partial charge in [0.1, 0.15) is 0 Å². The van der Waals surface area contributed by atoms with Crippen LogP contribution in [0.15, 0.2) is 0 Å². The van der Waals surface area contributed by atoms with Crippen LogP contribution >= 0.6 is 0 Å². The van der Waals surface area contributed by atoms with Gasteiger partial charge in [0.2, 0.25) is 0 Å². The van der Waals surface area contributed by atoms with E-state index in [1.54, 1.807) is 0 Å². The molecule has 0 aromatic carbocycles. The van der Waals surface area contributed by atoms with Gasteiger partial charge in [-0.05, 0) is 6.71 Å². The second-order valence-electron chi connectivity index (χ2n) is 7.37. The van der Waals surface area contributed by atoms with E-state index in [1.807, 2.05) is 0 Å². The molecular formula is C15H34BLi. The summed E-state index contributed by atoms with van der Waals surface area (Å²) in [5, 5.41) is 0. The van der Waals surface area contributed by atoms with Crippen LogP contribution in [0, 0.1) is 17.8 Å². The Morgan fingerprint density at radius 1 is 0.471 bits per heavy atom. The van der Waals surface area contributed by atoms with Crippen LogP contribution in [-0.4, -0.2) is 6.71 Å². The zero-order valence-electron chi connectivity index (χ0n) is 14.2. The van der Waals surface area contributed by atoms with Gasteiger partial charge in [-0.1, -0.05) is 80.1 Å². The molecule has 3 atom stereocenters. The maximum Gasteiger partial charge on any atom is 1.00 e. The third-order valence-electron chi connectivity index (χ3n) is 5.64. The molecule has 0 rings (SSSR count). The molecule has 0 bridgehead atoms. The molecule has 0 saturated heterocycles. The minimum absolute atomic E-state index is 0. The summed E-state index contributed by atoms with van der Waals surface area (Å²) < 4.78 is 0. The molecule has 98 valence electrons. The van der Waals surface area contributed by atoms with E-state index in [0.29, 0.717) is 0 Å². The van der Waals surface area contributed by atoms with Crippen LogP contribution < -0.4 is 18.9 Å². The molecule has 0 saturated carbocycles. The second-order valence-corrected chi connectivity index (χ2v) is 7.37. The molecule has 17 heavy (non-hydrogen) atoms. The van der Waals surface area contributed by atoms with Crippen molar-refractivity contribution in [2.75, 3.05) is 0 Å². The minimum Gasteiger partial charge on any atom is -0.169 e. The normalized spacial score (nSPS) is 19.1. The summed E-state index contributed by atoms with van der Waals surface area (Å²) in [6.07, 6.45) is 0. The van der Waals surface area contributed by atoms with Crippen molar-refractivity contribution >= 4 is 6.71 Å². The summed E-state index contributed by atoms with van der Waals surface area (Å²) in [6.45, 7) is 21.8. The van der Waals surface area contributed by atoms with Crippen molar-refractivity contribution in [1.29, 1.82) is 0 Å². The molecule has 3 unspecified atom stereocenters. The van der Waals surface area contributed by atoms with Crippen molar-refractivity contribution in [2.45, 2.75) is 79.8 Å².